The summed E-state index contributed by atoms with van der Waals surface area (Å²) >= 11 is 2.34. The number of aromatic nitrogens is 3. The van der Waals surface area contributed by atoms with Crippen molar-refractivity contribution in [3.8, 4) is 5.75 Å². The molecule has 0 amide bonds. The summed E-state index contributed by atoms with van der Waals surface area (Å²) in [6.45, 7) is 1.58. The number of fused-ring (bicyclic) bond motifs is 1. The summed E-state index contributed by atoms with van der Waals surface area (Å²) in [5.74, 6) is -0.349. The van der Waals surface area contributed by atoms with Crippen LogP contribution in [-0.4, -0.2) is 63.7 Å². The average Bonchev–Trinajstić information content (AvgIpc) is 3.30. The standard InChI is InChI=1S/C21H22F2N4O3S2/c1-27-7-5-21(29,6-8-27)16-4-3-15(32-16)14(28)11-31-20-13-9-12(30-2)10-24-18(13)25-19(26-20)17(22)23/h3-4,9-10,17,29H,5-8,11H2,1-2H3. The van der Waals surface area contributed by atoms with Gasteiger partial charge in [0.15, 0.2) is 17.3 Å². The number of carbonyl (C=O) groups excluding carboxylic acids is 1. The lowest BCUT2D eigenvalue weighted by molar-refractivity contribution is -0.0172. The summed E-state index contributed by atoms with van der Waals surface area (Å²) in [4.78, 5) is 28.1. The fourth-order valence-electron chi connectivity index (χ4n) is 3.48. The van der Waals surface area contributed by atoms with Crippen molar-refractivity contribution in [3.05, 3.63) is 40.0 Å². The molecule has 11 heteroatoms. The minimum atomic E-state index is -2.85. The summed E-state index contributed by atoms with van der Waals surface area (Å²) in [5, 5.41) is 11.7. The van der Waals surface area contributed by atoms with Crippen molar-refractivity contribution in [1.29, 1.82) is 0 Å². The minimum absolute atomic E-state index is 0.00706. The van der Waals surface area contributed by atoms with Gasteiger partial charge in [0.1, 0.15) is 16.4 Å². The van der Waals surface area contributed by atoms with Crippen LogP contribution in [0.2, 0.25) is 0 Å². The van der Waals surface area contributed by atoms with E-state index >= 15 is 0 Å². The first-order valence-corrected chi connectivity index (χ1v) is 11.8. The Morgan fingerprint density at radius 3 is 2.78 bits per heavy atom. The Morgan fingerprint density at radius 1 is 1.34 bits per heavy atom. The summed E-state index contributed by atoms with van der Waals surface area (Å²) < 4.78 is 31.6. The van der Waals surface area contributed by atoms with Crippen LogP contribution in [0.5, 0.6) is 5.75 Å². The maximum absolute atomic E-state index is 13.2. The molecule has 0 aliphatic carbocycles. The molecule has 0 bridgehead atoms. The van der Waals surface area contributed by atoms with E-state index in [9.17, 15) is 18.7 Å². The second-order valence-electron chi connectivity index (χ2n) is 7.64. The van der Waals surface area contributed by atoms with Crippen molar-refractivity contribution in [3.63, 3.8) is 0 Å². The van der Waals surface area contributed by atoms with E-state index in [2.05, 4.69) is 19.9 Å². The Bertz CT molecular complexity index is 1130. The zero-order valence-corrected chi connectivity index (χ0v) is 19.2. The number of hydrogen-bond acceptors (Lipinski definition) is 9. The van der Waals surface area contributed by atoms with Gasteiger partial charge in [-0.25, -0.2) is 23.7 Å². The number of thiophene rings is 1. The molecular weight excluding hydrogens is 458 g/mol. The van der Waals surface area contributed by atoms with Gasteiger partial charge in [0, 0.05) is 18.0 Å². The minimum Gasteiger partial charge on any atom is -0.495 e. The van der Waals surface area contributed by atoms with E-state index in [0.29, 0.717) is 28.9 Å². The predicted octanol–water partition coefficient (Wildman–Crippen LogP) is 3.92. The van der Waals surface area contributed by atoms with E-state index < -0.39 is 17.9 Å². The molecule has 1 aliphatic heterocycles. The quantitative estimate of drug-likeness (QED) is 0.309. The lowest BCUT2D eigenvalue weighted by Crippen LogP contribution is -2.40. The van der Waals surface area contributed by atoms with Crippen LogP contribution in [0.4, 0.5) is 8.78 Å². The maximum atomic E-state index is 13.2. The SMILES string of the molecule is COc1cnc2nc(C(F)F)nc(SCC(=O)c3ccc(C4(O)CCN(C)CC4)s3)c2c1. The molecule has 1 aliphatic rings. The number of rotatable bonds is 7. The van der Waals surface area contributed by atoms with Gasteiger partial charge in [-0.05, 0) is 38.1 Å². The normalized spacial score (nSPS) is 16.6. The van der Waals surface area contributed by atoms with Crippen LogP contribution >= 0.6 is 23.1 Å². The highest BCUT2D eigenvalue weighted by Crippen LogP contribution is 2.37. The number of halogens is 2. The highest BCUT2D eigenvalue weighted by atomic mass is 32.2. The first kappa shape index (κ1) is 23.0. The van der Waals surface area contributed by atoms with Crippen molar-refractivity contribution in [2.45, 2.75) is 29.9 Å². The molecule has 0 unspecified atom stereocenters. The van der Waals surface area contributed by atoms with Crippen LogP contribution in [0.25, 0.3) is 11.0 Å². The number of hydrogen-bond donors (Lipinski definition) is 1. The van der Waals surface area contributed by atoms with E-state index in [4.69, 9.17) is 4.74 Å². The smallest absolute Gasteiger partial charge is 0.297 e. The summed E-state index contributed by atoms with van der Waals surface area (Å²) in [7, 11) is 3.49. The molecule has 0 aromatic carbocycles. The molecule has 0 spiro atoms. The van der Waals surface area contributed by atoms with E-state index in [1.54, 1.807) is 18.2 Å². The topological polar surface area (TPSA) is 88.4 Å². The number of methoxy groups -OCH3 is 1. The highest BCUT2D eigenvalue weighted by molar-refractivity contribution is 8.00. The zero-order valence-electron chi connectivity index (χ0n) is 17.5. The van der Waals surface area contributed by atoms with Crippen molar-refractivity contribution in [1.82, 2.24) is 19.9 Å². The molecule has 4 rings (SSSR count). The molecule has 1 fully saturated rings. The van der Waals surface area contributed by atoms with Crippen molar-refractivity contribution >= 4 is 39.9 Å². The van der Waals surface area contributed by atoms with Gasteiger partial charge in [-0.3, -0.25) is 4.79 Å². The van der Waals surface area contributed by atoms with Crippen LogP contribution in [0, 0.1) is 0 Å². The number of ether oxygens (including phenoxy) is 1. The summed E-state index contributed by atoms with van der Waals surface area (Å²) in [5.41, 5.74) is -0.797. The van der Waals surface area contributed by atoms with Crippen molar-refractivity contribution in [2.75, 3.05) is 33.0 Å². The zero-order chi connectivity index (χ0) is 22.9. The van der Waals surface area contributed by atoms with Crippen LogP contribution < -0.4 is 4.74 Å². The van der Waals surface area contributed by atoms with Crippen LogP contribution in [-0.2, 0) is 5.60 Å². The number of thioether (sulfide) groups is 1. The highest BCUT2D eigenvalue weighted by Gasteiger charge is 2.34. The number of carbonyl (C=O) groups is 1. The largest absolute Gasteiger partial charge is 0.495 e. The predicted molar refractivity (Wildman–Crippen MR) is 119 cm³/mol. The van der Waals surface area contributed by atoms with Gasteiger partial charge in [0.05, 0.1) is 29.3 Å². The van der Waals surface area contributed by atoms with Crippen molar-refractivity contribution < 1.29 is 23.4 Å². The lowest BCUT2D eigenvalue weighted by atomic mass is 9.90. The Hall–Kier alpha value is -2.21. The fraction of sp³-hybridized carbons (Fsp3) is 0.429. The lowest BCUT2D eigenvalue weighted by Gasteiger charge is -2.35. The van der Waals surface area contributed by atoms with E-state index in [0.717, 1.165) is 29.7 Å². The molecule has 0 atom stereocenters. The number of alkyl halides is 2. The van der Waals surface area contributed by atoms with Gasteiger partial charge >= 0.3 is 0 Å². The Balaban J connectivity index is 1.53. The number of nitrogens with zero attached hydrogens (tertiary/aromatic N) is 4. The Kier molecular flexibility index (Phi) is 6.70. The average molecular weight is 481 g/mol. The van der Waals surface area contributed by atoms with Gasteiger partial charge in [-0.2, -0.15) is 0 Å². The van der Waals surface area contributed by atoms with Crippen LogP contribution in [0.3, 0.4) is 0 Å². The maximum Gasteiger partial charge on any atom is 0.297 e. The van der Waals surface area contributed by atoms with Crippen molar-refractivity contribution in [2.24, 2.45) is 0 Å². The third-order valence-corrected chi connectivity index (χ3v) is 7.74. The molecule has 3 aromatic rings. The number of likely N-dealkylation sites (tertiary alicyclic amines) is 1. The first-order valence-electron chi connectivity index (χ1n) is 9.96. The molecule has 0 saturated carbocycles. The number of Topliss-reactive ketones (excluding diaryl/α,β-unsaturated/α-hetero) is 1. The second-order valence-corrected chi connectivity index (χ2v) is 9.69. The number of piperidine rings is 1. The third-order valence-electron chi connectivity index (χ3n) is 5.43. The summed E-state index contributed by atoms with van der Waals surface area (Å²) in [6.07, 6.45) is -0.228. The van der Waals surface area contributed by atoms with E-state index in [1.807, 2.05) is 7.05 Å². The monoisotopic (exact) mass is 480 g/mol. The summed E-state index contributed by atoms with van der Waals surface area (Å²) in [6, 6.07) is 5.13. The van der Waals surface area contributed by atoms with Gasteiger partial charge < -0.3 is 14.7 Å². The number of pyridine rings is 1. The first-order chi connectivity index (χ1) is 15.3. The van der Waals surface area contributed by atoms with Gasteiger partial charge in [-0.15, -0.1) is 11.3 Å². The molecule has 3 aromatic heterocycles. The number of aliphatic hydroxyl groups is 1. The molecule has 1 N–H and O–H groups in total. The molecule has 1 saturated heterocycles. The molecule has 0 radical (unpaired) electrons. The number of ketones is 1. The van der Waals surface area contributed by atoms with E-state index in [1.165, 1.54) is 24.6 Å². The molecule has 7 nitrogen and oxygen atoms in total. The van der Waals surface area contributed by atoms with E-state index in [-0.39, 0.29) is 22.2 Å². The van der Waals surface area contributed by atoms with Crippen LogP contribution in [0.1, 0.15) is 39.6 Å². The van der Waals surface area contributed by atoms with Gasteiger partial charge in [-0.1, -0.05) is 11.8 Å². The fourth-order valence-corrected chi connectivity index (χ4v) is 5.55. The third kappa shape index (κ3) is 4.75. The van der Waals surface area contributed by atoms with Gasteiger partial charge in [0.2, 0.25) is 0 Å². The second kappa shape index (κ2) is 9.34. The van der Waals surface area contributed by atoms with Crippen LogP contribution in [0.15, 0.2) is 29.4 Å². The molecule has 4 heterocycles. The Labute approximate surface area is 191 Å². The molecule has 170 valence electrons. The molecular formula is C21H22F2N4O3S2. The van der Waals surface area contributed by atoms with Gasteiger partial charge in [0.25, 0.3) is 6.43 Å². The Morgan fingerprint density at radius 2 is 2.09 bits per heavy atom. The molecule has 32 heavy (non-hydrogen) atoms.